The topological polar surface area (TPSA) is 46.2 Å². The quantitative estimate of drug-likeness (QED) is 0.799. The second-order valence-corrected chi connectivity index (χ2v) is 12.7. The van der Waals surface area contributed by atoms with Gasteiger partial charge in [-0.1, -0.05) is 27.2 Å². The number of hydrogen-bond acceptors (Lipinski definition) is 2. The smallest absolute Gasteiger partial charge is 0.212 e. The maximum atomic E-state index is 12.6. The van der Waals surface area contributed by atoms with E-state index in [0.29, 0.717) is 34.3 Å². The van der Waals surface area contributed by atoms with Crippen molar-refractivity contribution in [3.8, 4) is 0 Å². The monoisotopic (exact) mass is 353 g/mol. The summed E-state index contributed by atoms with van der Waals surface area (Å²) in [6.45, 7) is 7.10. The summed E-state index contributed by atoms with van der Waals surface area (Å²) in [4.78, 5) is 0. The van der Waals surface area contributed by atoms with Gasteiger partial charge in [0.05, 0.1) is 5.75 Å². The largest absolute Gasteiger partial charge is 0.212 e. The molecule has 2 atom stereocenters. The maximum Gasteiger partial charge on any atom is 0.212 e. The third kappa shape index (κ3) is 3.42. The Bertz CT molecular complexity index is 571. The first-order valence-electron chi connectivity index (χ1n) is 10.1. The molecule has 2 unspecified atom stereocenters. The van der Waals surface area contributed by atoms with Gasteiger partial charge in [0, 0.05) is 6.04 Å². The summed E-state index contributed by atoms with van der Waals surface area (Å²) in [6, 6.07) is 0.236. The molecule has 0 saturated heterocycles. The van der Waals surface area contributed by atoms with Crippen LogP contribution in [0.25, 0.3) is 0 Å². The van der Waals surface area contributed by atoms with Crippen molar-refractivity contribution in [3.63, 3.8) is 0 Å². The van der Waals surface area contributed by atoms with Crippen LogP contribution in [0.4, 0.5) is 0 Å². The molecular formula is C20H35NO2S. The predicted octanol–water partition coefficient (Wildman–Crippen LogP) is 4.34. The van der Waals surface area contributed by atoms with Crippen molar-refractivity contribution in [2.24, 2.45) is 34.5 Å². The van der Waals surface area contributed by atoms with Gasteiger partial charge in [0.25, 0.3) is 0 Å². The van der Waals surface area contributed by atoms with Gasteiger partial charge in [-0.15, -0.1) is 0 Å². The second kappa shape index (κ2) is 5.70. The lowest BCUT2D eigenvalue weighted by atomic mass is 9.46. The molecule has 0 heterocycles. The molecule has 0 aromatic heterocycles. The Hall–Kier alpha value is -0.0900. The van der Waals surface area contributed by atoms with Gasteiger partial charge in [0.1, 0.15) is 0 Å². The van der Waals surface area contributed by atoms with Crippen molar-refractivity contribution in [1.29, 1.82) is 0 Å². The lowest BCUT2D eigenvalue weighted by molar-refractivity contribution is -0.0882. The van der Waals surface area contributed by atoms with Crippen LogP contribution in [0.1, 0.15) is 78.6 Å². The lowest BCUT2D eigenvalue weighted by Gasteiger charge is -2.61. The highest BCUT2D eigenvalue weighted by Gasteiger charge is 2.56. The van der Waals surface area contributed by atoms with Gasteiger partial charge in [0.2, 0.25) is 10.0 Å². The van der Waals surface area contributed by atoms with Gasteiger partial charge in [-0.2, -0.15) is 0 Å². The minimum absolute atomic E-state index is 0.236. The maximum absolute atomic E-state index is 12.6. The Balaban J connectivity index is 1.46. The molecule has 138 valence electrons. The Morgan fingerprint density at radius 1 is 1.04 bits per heavy atom. The highest BCUT2D eigenvalue weighted by Crippen LogP contribution is 2.63. The minimum atomic E-state index is -3.09. The average molecular weight is 354 g/mol. The third-order valence-corrected chi connectivity index (χ3v) is 8.84. The first-order valence-corrected chi connectivity index (χ1v) is 11.8. The molecule has 4 heteroatoms. The third-order valence-electron chi connectivity index (χ3n) is 7.30. The molecule has 3 nitrogen and oxygen atoms in total. The fourth-order valence-corrected chi connectivity index (χ4v) is 8.80. The van der Waals surface area contributed by atoms with E-state index < -0.39 is 10.0 Å². The zero-order chi connectivity index (χ0) is 17.2. The Kier molecular flexibility index (Phi) is 4.12. The Morgan fingerprint density at radius 3 is 2.17 bits per heavy atom. The molecule has 5 aliphatic carbocycles. The average Bonchev–Trinajstić information content (AvgIpc) is 2.35. The fourth-order valence-electron chi connectivity index (χ4n) is 6.95. The first kappa shape index (κ1) is 17.3. The summed E-state index contributed by atoms with van der Waals surface area (Å²) in [5, 5.41) is 0. The van der Waals surface area contributed by atoms with Crippen molar-refractivity contribution in [3.05, 3.63) is 0 Å². The number of hydrogen-bond donors (Lipinski definition) is 1. The van der Waals surface area contributed by atoms with E-state index in [2.05, 4.69) is 25.5 Å². The molecule has 5 rings (SSSR count). The molecule has 24 heavy (non-hydrogen) atoms. The molecule has 1 N–H and O–H groups in total. The van der Waals surface area contributed by atoms with Crippen LogP contribution in [0.15, 0.2) is 0 Å². The van der Waals surface area contributed by atoms with E-state index in [9.17, 15) is 8.42 Å². The van der Waals surface area contributed by atoms with Crippen LogP contribution < -0.4 is 4.72 Å². The van der Waals surface area contributed by atoms with Crippen molar-refractivity contribution in [1.82, 2.24) is 4.72 Å². The Morgan fingerprint density at radius 2 is 1.67 bits per heavy atom. The van der Waals surface area contributed by atoms with Crippen molar-refractivity contribution in [2.45, 2.75) is 84.6 Å². The van der Waals surface area contributed by atoms with Gasteiger partial charge >= 0.3 is 0 Å². The molecule has 4 bridgehead atoms. The van der Waals surface area contributed by atoms with Gasteiger partial charge < -0.3 is 0 Å². The second-order valence-electron chi connectivity index (χ2n) is 10.9. The molecule has 0 aromatic rings. The summed E-state index contributed by atoms with van der Waals surface area (Å²) in [5.74, 6) is 2.84. The van der Waals surface area contributed by atoms with Gasteiger partial charge in [-0.3, -0.25) is 0 Å². The van der Waals surface area contributed by atoms with E-state index >= 15 is 0 Å². The lowest BCUT2D eigenvalue weighted by Crippen LogP contribution is -2.60. The molecule has 0 spiro atoms. The summed E-state index contributed by atoms with van der Waals surface area (Å²) in [7, 11) is -3.09. The summed E-state index contributed by atoms with van der Waals surface area (Å²) in [5.41, 5.74) is 0.884. The van der Waals surface area contributed by atoms with E-state index in [1.165, 1.54) is 44.9 Å². The van der Waals surface area contributed by atoms with Gasteiger partial charge in [-0.25, -0.2) is 13.1 Å². The molecular weight excluding hydrogens is 318 g/mol. The number of sulfonamides is 1. The molecule has 5 saturated carbocycles. The molecule has 0 aromatic carbocycles. The summed E-state index contributed by atoms with van der Waals surface area (Å²) in [6.07, 6.45) is 11.2. The van der Waals surface area contributed by atoms with Gasteiger partial charge in [-0.05, 0) is 85.9 Å². The normalized spacial score (nSPS) is 42.3. The van der Waals surface area contributed by atoms with Crippen LogP contribution in [0, 0.1) is 34.5 Å². The van der Waals surface area contributed by atoms with Crippen LogP contribution in [0.2, 0.25) is 0 Å². The molecule has 5 fully saturated rings. The van der Waals surface area contributed by atoms with Crippen LogP contribution >= 0.6 is 0 Å². The van der Waals surface area contributed by atoms with Crippen molar-refractivity contribution >= 4 is 10.0 Å². The van der Waals surface area contributed by atoms with Crippen LogP contribution in [0.3, 0.4) is 0 Å². The standard InChI is InChI=1S/C20H35NO2S/c1-19(2,3)13-20-9-15-7-16(10-20)18(17(8-15)11-20)21-24(22,23)12-14-5-4-6-14/h14-18,21H,4-13H2,1-3H3. The van der Waals surface area contributed by atoms with Crippen LogP contribution in [0.5, 0.6) is 0 Å². The van der Waals surface area contributed by atoms with E-state index in [1.54, 1.807) is 0 Å². The van der Waals surface area contributed by atoms with Gasteiger partial charge in [0.15, 0.2) is 0 Å². The van der Waals surface area contributed by atoms with Crippen molar-refractivity contribution in [2.75, 3.05) is 5.75 Å². The number of rotatable bonds is 5. The molecule has 0 amide bonds. The highest BCUT2D eigenvalue weighted by atomic mass is 32.2. The molecule has 0 radical (unpaired) electrons. The van der Waals surface area contributed by atoms with E-state index in [1.807, 2.05) is 0 Å². The SMILES string of the molecule is CC(C)(C)CC12CC3CC(C1)C(NS(=O)(=O)CC1CCC1)C(C3)C2. The Labute approximate surface area is 148 Å². The summed E-state index contributed by atoms with van der Waals surface area (Å²) < 4.78 is 28.4. The van der Waals surface area contributed by atoms with Crippen LogP contribution in [-0.2, 0) is 10.0 Å². The summed E-state index contributed by atoms with van der Waals surface area (Å²) >= 11 is 0. The zero-order valence-corrected chi connectivity index (χ0v) is 16.5. The predicted molar refractivity (Wildman–Crippen MR) is 98.1 cm³/mol. The van der Waals surface area contributed by atoms with Crippen LogP contribution in [-0.4, -0.2) is 20.2 Å². The first-order chi connectivity index (χ1) is 11.1. The fraction of sp³-hybridized carbons (Fsp3) is 1.00. The van der Waals surface area contributed by atoms with Crippen molar-refractivity contribution < 1.29 is 8.42 Å². The van der Waals surface area contributed by atoms with E-state index in [-0.39, 0.29) is 6.04 Å². The number of nitrogens with one attached hydrogen (secondary N) is 1. The minimum Gasteiger partial charge on any atom is -0.212 e. The molecule has 5 aliphatic rings. The highest BCUT2D eigenvalue weighted by molar-refractivity contribution is 7.89. The zero-order valence-electron chi connectivity index (χ0n) is 15.7. The van der Waals surface area contributed by atoms with E-state index in [0.717, 1.165) is 18.8 Å². The van der Waals surface area contributed by atoms with E-state index in [4.69, 9.17) is 0 Å². The molecule has 0 aliphatic heterocycles.